The van der Waals surface area contributed by atoms with Crippen LogP contribution in [0.4, 0.5) is 0 Å². The molecule has 3 rings (SSSR count). The van der Waals surface area contributed by atoms with Crippen LogP contribution in [0.1, 0.15) is 5.69 Å². The van der Waals surface area contributed by atoms with E-state index in [4.69, 9.17) is 0 Å². The minimum absolute atomic E-state index is 0.00704. The van der Waals surface area contributed by atoms with Crippen molar-refractivity contribution in [2.24, 2.45) is 0 Å². The van der Waals surface area contributed by atoms with Crippen molar-refractivity contribution in [3.63, 3.8) is 0 Å². The molecule has 0 amide bonds. The third-order valence-corrected chi connectivity index (χ3v) is 2.97. The molecule has 0 radical (unpaired) electrons. The van der Waals surface area contributed by atoms with E-state index in [0.717, 1.165) is 11.1 Å². The molecular formula is C15H12N2O. The summed E-state index contributed by atoms with van der Waals surface area (Å²) in [7, 11) is 0. The predicted molar refractivity (Wildman–Crippen MR) is 71.6 cm³/mol. The van der Waals surface area contributed by atoms with Gasteiger partial charge in [-0.2, -0.15) is 5.10 Å². The zero-order valence-electron chi connectivity index (χ0n) is 10.00. The number of benzene rings is 1. The number of aryl methyl sites for hydroxylation is 1. The summed E-state index contributed by atoms with van der Waals surface area (Å²) in [5.41, 5.74) is 2.98. The van der Waals surface area contributed by atoms with Gasteiger partial charge in [0.2, 0.25) is 5.43 Å². The number of hydrogen-bond donors (Lipinski definition) is 0. The molecule has 0 aliphatic carbocycles. The van der Waals surface area contributed by atoms with Gasteiger partial charge in [-0.3, -0.25) is 4.79 Å². The first kappa shape index (κ1) is 10.7. The average Bonchev–Trinajstić information content (AvgIpc) is 2.41. The summed E-state index contributed by atoms with van der Waals surface area (Å²) in [4.78, 5) is 12.3. The lowest BCUT2D eigenvalue weighted by Crippen LogP contribution is -2.15. The van der Waals surface area contributed by atoms with Gasteiger partial charge < -0.3 is 0 Å². The van der Waals surface area contributed by atoms with E-state index in [9.17, 15) is 4.79 Å². The molecule has 1 aromatic carbocycles. The number of aromatic nitrogens is 2. The maximum absolute atomic E-state index is 12.3. The fraction of sp³-hybridized carbons (Fsp3) is 0.0667. The molecule has 88 valence electrons. The molecule has 3 aromatic rings. The van der Waals surface area contributed by atoms with Crippen molar-refractivity contribution < 1.29 is 0 Å². The fourth-order valence-corrected chi connectivity index (χ4v) is 2.11. The molecule has 0 aliphatic heterocycles. The van der Waals surface area contributed by atoms with Crippen LogP contribution in [-0.4, -0.2) is 9.61 Å². The molecule has 0 aliphatic rings. The zero-order chi connectivity index (χ0) is 12.5. The van der Waals surface area contributed by atoms with Crippen molar-refractivity contribution in [1.29, 1.82) is 0 Å². The van der Waals surface area contributed by atoms with Gasteiger partial charge in [0.1, 0.15) is 5.69 Å². The van der Waals surface area contributed by atoms with Crippen molar-refractivity contribution in [3.05, 3.63) is 70.6 Å². The Bertz CT molecular complexity index is 760. The second-order valence-electron chi connectivity index (χ2n) is 4.19. The van der Waals surface area contributed by atoms with Gasteiger partial charge in [0.15, 0.2) is 0 Å². The maximum Gasteiger partial charge on any atom is 0.211 e. The summed E-state index contributed by atoms with van der Waals surface area (Å²) in [5, 5.41) is 4.27. The van der Waals surface area contributed by atoms with E-state index in [1.165, 1.54) is 0 Å². The monoisotopic (exact) mass is 236 g/mol. The van der Waals surface area contributed by atoms with Crippen molar-refractivity contribution >= 4 is 5.52 Å². The minimum Gasteiger partial charge on any atom is -0.287 e. The number of fused-ring (bicyclic) bond motifs is 1. The Morgan fingerprint density at radius 2 is 1.72 bits per heavy atom. The highest BCUT2D eigenvalue weighted by atomic mass is 16.1. The second-order valence-corrected chi connectivity index (χ2v) is 4.19. The van der Waals surface area contributed by atoms with Gasteiger partial charge in [-0.1, -0.05) is 36.4 Å². The van der Waals surface area contributed by atoms with E-state index in [2.05, 4.69) is 5.10 Å². The van der Waals surface area contributed by atoms with Crippen molar-refractivity contribution in [2.75, 3.05) is 0 Å². The van der Waals surface area contributed by atoms with Crippen LogP contribution in [0.3, 0.4) is 0 Å². The molecular weight excluding hydrogens is 224 g/mol. The van der Waals surface area contributed by atoms with Gasteiger partial charge in [0.25, 0.3) is 0 Å². The Kier molecular flexibility index (Phi) is 2.45. The summed E-state index contributed by atoms with van der Waals surface area (Å²) in [6.45, 7) is 1.74. The van der Waals surface area contributed by atoms with Crippen LogP contribution < -0.4 is 5.43 Å². The van der Waals surface area contributed by atoms with Crippen LogP contribution >= 0.6 is 0 Å². The first-order chi connectivity index (χ1) is 8.77. The highest BCUT2D eigenvalue weighted by Crippen LogP contribution is 2.20. The molecule has 3 nitrogen and oxygen atoms in total. The lowest BCUT2D eigenvalue weighted by Gasteiger charge is -2.08. The Hall–Kier alpha value is -2.42. The van der Waals surface area contributed by atoms with Crippen molar-refractivity contribution in [1.82, 2.24) is 9.61 Å². The van der Waals surface area contributed by atoms with Gasteiger partial charge in [-0.05, 0) is 24.6 Å². The van der Waals surface area contributed by atoms with E-state index in [0.29, 0.717) is 11.3 Å². The Labute approximate surface area is 104 Å². The quantitative estimate of drug-likeness (QED) is 0.651. The van der Waals surface area contributed by atoms with Gasteiger partial charge >= 0.3 is 0 Å². The molecule has 0 saturated heterocycles. The number of rotatable bonds is 1. The topological polar surface area (TPSA) is 34.4 Å². The van der Waals surface area contributed by atoms with Crippen molar-refractivity contribution in [2.45, 2.75) is 6.92 Å². The van der Waals surface area contributed by atoms with Gasteiger partial charge in [-0.25, -0.2) is 4.52 Å². The highest BCUT2D eigenvalue weighted by molar-refractivity contribution is 5.79. The average molecular weight is 236 g/mol. The smallest absolute Gasteiger partial charge is 0.211 e. The van der Waals surface area contributed by atoms with Crippen LogP contribution in [0.25, 0.3) is 16.6 Å². The first-order valence-electron chi connectivity index (χ1n) is 5.81. The first-order valence-corrected chi connectivity index (χ1v) is 5.81. The molecule has 0 unspecified atom stereocenters. The molecule has 0 atom stereocenters. The summed E-state index contributed by atoms with van der Waals surface area (Å²) in [6.07, 6.45) is 1.86. The molecule has 18 heavy (non-hydrogen) atoms. The van der Waals surface area contributed by atoms with Crippen LogP contribution in [0.2, 0.25) is 0 Å². The Balaban J connectivity index is 2.47. The van der Waals surface area contributed by atoms with E-state index < -0.39 is 0 Å². The highest BCUT2D eigenvalue weighted by Gasteiger charge is 2.11. The third kappa shape index (κ3) is 1.61. The number of nitrogens with zero attached hydrogens (tertiary/aromatic N) is 2. The predicted octanol–water partition coefficient (Wildman–Crippen LogP) is 2.67. The third-order valence-electron chi connectivity index (χ3n) is 2.97. The van der Waals surface area contributed by atoms with Crippen LogP contribution in [-0.2, 0) is 0 Å². The van der Waals surface area contributed by atoms with Crippen LogP contribution in [0.5, 0.6) is 0 Å². The van der Waals surface area contributed by atoms with E-state index in [-0.39, 0.29) is 5.43 Å². The van der Waals surface area contributed by atoms with Crippen LogP contribution in [0, 0.1) is 6.92 Å². The zero-order valence-corrected chi connectivity index (χ0v) is 10.00. The number of pyridine rings is 1. The molecule has 0 fully saturated rings. The SMILES string of the molecule is Cc1nn2ccccc2c(-c2ccccc2)c1=O. The molecule has 2 heterocycles. The molecule has 0 spiro atoms. The largest absolute Gasteiger partial charge is 0.287 e. The summed E-state index contributed by atoms with van der Waals surface area (Å²) < 4.78 is 1.75. The molecule has 0 N–H and O–H groups in total. The van der Waals surface area contributed by atoms with Gasteiger partial charge in [0.05, 0.1) is 11.1 Å². The van der Waals surface area contributed by atoms with Gasteiger partial charge in [0, 0.05) is 6.20 Å². The van der Waals surface area contributed by atoms with E-state index in [1.807, 2.05) is 54.7 Å². The maximum atomic E-state index is 12.3. The summed E-state index contributed by atoms with van der Waals surface area (Å²) in [5.74, 6) is 0. The lowest BCUT2D eigenvalue weighted by molar-refractivity contribution is 0.884. The van der Waals surface area contributed by atoms with E-state index in [1.54, 1.807) is 11.4 Å². The van der Waals surface area contributed by atoms with E-state index >= 15 is 0 Å². The van der Waals surface area contributed by atoms with Crippen molar-refractivity contribution in [3.8, 4) is 11.1 Å². The molecule has 2 aromatic heterocycles. The molecule has 3 heteroatoms. The molecule has 0 saturated carbocycles. The lowest BCUT2D eigenvalue weighted by atomic mass is 10.0. The number of hydrogen-bond acceptors (Lipinski definition) is 2. The Morgan fingerprint density at radius 3 is 2.50 bits per heavy atom. The summed E-state index contributed by atoms with van der Waals surface area (Å²) >= 11 is 0. The second kappa shape index (κ2) is 4.11. The Morgan fingerprint density at radius 1 is 1.00 bits per heavy atom. The minimum atomic E-state index is -0.00704. The fourth-order valence-electron chi connectivity index (χ4n) is 2.11. The normalized spacial score (nSPS) is 10.7. The van der Waals surface area contributed by atoms with Crippen LogP contribution in [0.15, 0.2) is 59.5 Å². The molecule has 0 bridgehead atoms. The standard InChI is InChI=1S/C15H12N2O/c1-11-15(18)14(12-7-3-2-4-8-12)13-9-5-6-10-17(13)16-11/h2-10H,1H3. The summed E-state index contributed by atoms with van der Waals surface area (Å²) in [6, 6.07) is 15.4. The van der Waals surface area contributed by atoms with Gasteiger partial charge in [-0.15, -0.1) is 0 Å².